The van der Waals surface area contributed by atoms with Crippen LogP contribution in [0.2, 0.25) is 0 Å². The highest BCUT2D eigenvalue weighted by Crippen LogP contribution is 2.27. The van der Waals surface area contributed by atoms with Gasteiger partial charge in [0.2, 0.25) is 5.95 Å². The van der Waals surface area contributed by atoms with Crippen LogP contribution in [-0.4, -0.2) is 56.6 Å². The van der Waals surface area contributed by atoms with Crippen LogP contribution in [0.3, 0.4) is 0 Å². The van der Waals surface area contributed by atoms with E-state index in [4.69, 9.17) is 4.74 Å². The van der Waals surface area contributed by atoms with Crippen LogP contribution < -0.4 is 10.6 Å². The van der Waals surface area contributed by atoms with Crippen molar-refractivity contribution in [2.75, 3.05) is 18.4 Å². The highest BCUT2D eigenvalue weighted by Gasteiger charge is 2.31. The highest BCUT2D eigenvalue weighted by atomic mass is 32.1. The molecule has 3 aromatic rings. The first-order valence-electron chi connectivity index (χ1n) is 10.9. The Balaban J connectivity index is 1.49. The highest BCUT2D eigenvalue weighted by molar-refractivity contribution is 7.17. The molecular formula is C23H28N6O3S. The summed E-state index contributed by atoms with van der Waals surface area (Å²) in [4.78, 5) is 40.5. The number of carbonyl (C=O) groups excluding carboxylic acids is 2. The molecule has 1 saturated heterocycles. The summed E-state index contributed by atoms with van der Waals surface area (Å²) in [6, 6.07) is 5.50. The molecule has 4 heterocycles. The van der Waals surface area contributed by atoms with Gasteiger partial charge in [0.1, 0.15) is 5.60 Å². The molecule has 1 aliphatic heterocycles. The van der Waals surface area contributed by atoms with Gasteiger partial charge < -0.3 is 20.3 Å². The maximum atomic E-state index is 13.4. The van der Waals surface area contributed by atoms with Crippen molar-refractivity contribution in [1.82, 2.24) is 25.2 Å². The zero-order chi connectivity index (χ0) is 23.6. The van der Waals surface area contributed by atoms with Crippen molar-refractivity contribution >= 4 is 39.5 Å². The molecule has 0 saturated carbocycles. The van der Waals surface area contributed by atoms with Gasteiger partial charge in [0.05, 0.1) is 22.3 Å². The number of anilines is 1. The predicted octanol–water partition coefficient (Wildman–Crippen LogP) is 4.00. The van der Waals surface area contributed by atoms with Gasteiger partial charge in [0, 0.05) is 25.5 Å². The quantitative estimate of drug-likeness (QED) is 0.582. The summed E-state index contributed by atoms with van der Waals surface area (Å²) < 4.78 is 6.08. The number of ether oxygens (including phenoxy) is 1. The zero-order valence-corrected chi connectivity index (χ0v) is 20.0. The summed E-state index contributed by atoms with van der Waals surface area (Å²) in [6.07, 6.45) is 3.70. The minimum absolute atomic E-state index is 0.0769. The van der Waals surface area contributed by atoms with Crippen LogP contribution in [0.5, 0.6) is 0 Å². The number of pyridine rings is 1. The number of nitrogens with zero attached hydrogens (tertiary/aromatic N) is 4. The summed E-state index contributed by atoms with van der Waals surface area (Å²) >= 11 is 1.44. The fraction of sp³-hybridized carbons (Fsp3) is 0.435. The van der Waals surface area contributed by atoms with Crippen LogP contribution in [-0.2, 0) is 4.74 Å². The van der Waals surface area contributed by atoms with E-state index < -0.39 is 11.7 Å². The minimum atomic E-state index is -0.569. The summed E-state index contributed by atoms with van der Waals surface area (Å²) in [5.74, 6) is 0.221. The molecule has 0 aromatic carbocycles. The maximum absolute atomic E-state index is 13.4. The van der Waals surface area contributed by atoms with Crippen molar-refractivity contribution < 1.29 is 14.3 Å². The maximum Gasteiger partial charge on any atom is 0.407 e. The summed E-state index contributed by atoms with van der Waals surface area (Å²) in [5.41, 5.74) is 1.52. The second-order valence-electron chi connectivity index (χ2n) is 9.07. The Kier molecular flexibility index (Phi) is 6.46. The van der Waals surface area contributed by atoms with Crippen molar-refractivity contribution in [3.05, 3.63) is 47.2 Å². The summed E-state index contributed by atoms with van der Waals surface area (Å²) in [5, 5.41) is 8.04. The number of likely N-dealkylation sites (tertiary alicyclic amines) is 1. The van der Waals surface area contributed by atoms with E-state index in [2.05, 4.69) is 25.6 Å². The number of fused-ring (bicyclic) bond motifs is 1. The third-order valence-corrected chi connectivity index (χ3v) is 6.14. The van der Waals surface area contributed by atoms with Gasteiger partial charge >= 0.3 is 6.09 Å². The Bertz CT molecular complexity index is 1140. The fourth-order valence-corrected chi connectivity index (χ4v) is 4.48. The van der Waals surface area contributed by atoms with Gasteiger partial charge in [-0.3, -0.25) is 9.78 Å². The molecule has 0 bridgehead atoms. The molecule has 2 atom stereocenters. The van der Waals surface area contributed by atoms with Gasteiger partial charge in [-0.15, -0.1) is 11.3 Å². The molecular weight excluding hydrogens is 440 g/mol. The second-order valence-corrected chi connectivity index (χ2v) is 9.98. The molecule has 0 spiro atoms. The normalized spacial score (nSPS) is 17.1. The fourth-order valence-electron chi connectivity index (χ4n) is 3.67. The van der Waals surface area contributed by atoms with E-state index >= 15 is 0 Å². The lowest BCUT2D eigenvalue weighted by atomic mass is 10.1. The monoisotopic (exact) mass is 468 g/mol. The molecule has 0 radical (unpaired) electrons. The van der Waals surface area contributed by atoms with Crippen molar-refractivity contribution in [3.8, 4) is 0 Å². The van der Waals surface area contributed by atoms with Gasteiger partial charge in [-0.2, -0.15) is 0 Å². The smallest absolute Gasteiger partial charge is 0.407 e. The van der Waals surface area contributed by atoms with Crippen LogP contribution in [0.25, 0.3) is 10.2 Å². The van der Waals surface area contributed by atoms with Crippen LogP contribution >= 0.6 is 11.3 Å². The number of amides is 2. The van der Waals surface area contributed by atoms with Crippen molar-refractivity contribution in [2.45, 2.75) is 51.8 Å². The lowest BCUT2D eigenvalue weighted by molar-refractivity contribution is 0.0502. The number of thiophene rings is 1. The number of carbonyl (C=O) groups is 2. The average Bonchev–Trinajstić information content (AvgIpc) is 3.41. The summed E-state index contributed by atoms with van der Waals surface area (Å²) in [7, 11) is 0. The molecule has 9 nitrogen and oxygen atoms in total. The van der Waals surface area contributed by atoms with E-state index in [-0.39, 0.29) is 18.0 Å². The van der Waals surface area contributed by atoms with Gasteiger partial charge in [-0.25, -0.2) is 14.8 Å². The Hall–Kier alpha value is -3.27. The molecule has 0 aliphatic carbocycles. The number of hydrogen-bond donors (Lipinski definition) is 2. The first-order valence-corrected chi connectivity index (χ1v) is 11.8. The molecule has 4 rings (SSSR count). The molecule has 2 amide bonds. The number of rotatable bonds is 5. The Labute approximate surface area is 196 Å². The topological polar surface area (TPSA) is 109 Å². The number of alkyl carbamates (subject to hydrolysis) is 1. The minimum Gasteiger partial charge on any atom is -0.444 e. The molecule has 1 fully saturated rings. The van der Waals surface area contributed by atoms with E-state index in [9.17, 15) is 9.59 Å². The van der Waals surface area contributed by atoms with E-state index in [1.807, 2.05) is 51.3 Å². The Morgan fingerprint density at radius 3 is 2.82 bits per heavy atom. The first-order chi connectivity index (χ1) is 15.7. The predicted molar refractivity (Wildman–Crippen MR) is 127 cm³/mol. The number of aromatic nitrogens is 3. The zero-order valence-electron chi connectivity index (χ0n) is 19.2. The number of hydrogen-bond acceptors (Lipinski definition) is 8. The van der Waals surface area contributed by atoms with E-state index in [1.54, 1.807) is 17.3 Å². The van der Waals surface area contributed by atoms with Crippen molar-refractivity contribution in [2.24, 2.45) is 0 Å². The lowest BCUT2D eigenvalue weighted by Crippen LogP contribution is -2.41. The van der Waals surface area contributed by atoms with E-state index in [0.717, 1.165) is 15.8 Å². The lowest BCUT2D eigenvalue weighted by Gasteiger charge is -2.22. The van der Waals surface area contributed by atoms with Gasteiger partial charge in [0.15, 0.2) is 5.69 Å². The Morgan fingerprint density at radius 2 is 2.09 bits per heavy atom. The molecule has 1 aliphatic rings. The van der Waals surface area contributed by atoms with Crippen LogP contribution in [0.1, 0.15) is 56.2 Å². The van der Waals surface area contributed by atoms with Crippen molar-refractivity contribution in [3.63, 3.8) is 0 Å². The van der Waals surface area contributed by atoms with E-state index in [0.29, 0.717) is 31.2 Å². The van der Waals surface area contributed by atoms with Crippen LogP contribution in [0, 0.1) is 0 Å². The third kappa shape index (κ3) is 5.57. The van der Waals surface area contributed by atoms with Gasteiger partial charge in [-0.05, 0) is 57.2 Å². The largest absolute Gasteiger partial charge is 0.444 e. The third-order valence-electron chi connectivity index (χ3n) is 5.23. The van der Waals surface area contributed by atoms with Gasteiger partial charge in [-0.1, -0.05) is 6.07 Å². The number of nitrogens with one attached hydrogen (secondary N) is 2. The van der Waals surface area contributed by atoms with Crippen LogP contribution in [0.4, 0.5) is 10.7 Å². The first kappa shape index (κ1) is 22.9. The SMILES string of the molecule is CC(Nc1nc(C(=O)N2CC[C@H](NC(=O)OC(C)(C)C)C2)c2sccc2n1)c1cccnc1. The molecule has 174 valence electrons. The summed E-state index contributed by atoms with van der Waals surface area (Å²) in [6.45, 7) is 8.39. The molecule has 2 N–H and O–H groups in total. The second kappa shape index (κ2) is 9.30. The molecule has 33 heavy (non-hydrogen) atoms. The molecule has 10 heteroatoms. The average molecular weight is 469 g/mol. The van der Waals surface area contributed by atoms with Gasteiger partial charge in [0.25, 0.3) is 5.91 Å². The standard InChI is InChI=1S/C23H28N6O3S/c1-14(15-6-5-9-24-12-15)25-21-27-17-8-11-33-19(17)18(28-21)20(30)29-10-7-16(13-29)26-22(31)32-23(2,3)4/h5-6,8-9,11-12,14,16H,7,10,13H2,1-4H3,(H,26,31)(H,25,27,28)/t14?,16-/m0/s1. The van der Waals surface area contributed by atoms with E-state index in [1.165, 1.54) is 11.3 Å². The molecule has 3 aromatic heterocycles. The van der Waals surface area contributed by atoms with Crippen molar-refractivity contribution in [1.29, 1.82) is 0 Å². The van der Waals surface area contributed by atoms with Crippen LogP contribution in [0.15, 0.2) is 36.0 Å². The molecule has 1 unspecified atom stereocenters. The Morgan fingerprint density at radius 1 is 1.27 bits per heavy atom.